The molecule has 1 aromatic heterocycles. The summed E-state index contributed by atoms with van der Waals surface area (Å²) in [5, 5.41) is 13.8. The van der Waals surface area contributed by atoms with Gasteiger partial charge in [-0.05, 0) is 55.5 Å². The summed E-state index contributed by atoms with van der Waals surface area (Å²) in [5.74, 6) is -0.142. The molecule has 2 aromatic carbocycles. The number of hydrogen-bond acceptors (Lipinski definition) is 2. The highest BCUT2D eigenvalue weighted by Gasteiger charge is 2.24. The molecule has 0 aliphatic heterocycles. The van der Waals surface area contributed by atoms with Crippen LogP contribution in [0.4, 0.5) is 4.39 Å². The van der Waals surface area contributed by atoms with Crippen molar-refractivity contribution in [3.63, 3.8) is 0 Å². The van der Waals surface area contributed by atoms with Crippen molar-refractivity contribution in [3.05, 3.63) is 76.7 Å². The lowest BCUT2D eigenvalue weighted by Crippen LogP contribution is -2.41. The van der Waals surface area contributed by atoms with E-state index >= 15 is 0 Å². The van der Waals surface area contributed by atoms with Gasteiger partial charge in [0.25, 0.3) is 5.91 Å². The Hall–Kier alpha value is -3.39. The second kappa shape index (κ2) is 9.40. The summed E-state index contributed by atoms with van der Waals surface area (Å²) < 4.78 is 15.5. The number of fused-ring (bicyclic) bond motifs is 1. The van der Waals surface area contributed by atoms with Crippen LogP contribution < -0.4 is 5.32 Å². The normalized spacial score (nSPS) is 19.0. The molecule has 0 spiro atoms. The van der Waals surface area contributed by atoms with Gasteiger partial charge in [0.05, 0.1) is 0 Å². The van der Waals surface area contributed by atoms with Gasteiger partial charge in [-0.1, -0.05) is 50.1 Å². The summed E-state index contributed by atoms with van der Waals surface area (Å²) in [7, 11) is 0. The maximum absolute atomic E-state index is 13.3. The van der Waals surface area contributed by atoms with Crippen LogP contribution in [-0.4, -0.2) is 16.5 Å². The third-order valence-corrected chi connectivity index (χ3v) is 6.62. The first-order valence-corrected chi connectivity index (χ1v) is 11.2. The van der Waals surface area contributed by atoms with Gasteiger partial charge in [0.1, 0.15) is 17.5 Å². The van der Waals surface area contributed by atoms with Gasteiger partial charge in [-0.25, -0.2) is 4.39 Å². The lowest BCUT2D eigenvalue weighted by atomic mass is 9.86. The Balaban J connectivity index is 1.69. The van der Waals surface area contributed by atoms with Crippen LogP contribution in [0.15, 0.2) is 54.1 Å². The van der Waals surface area contributed by atoms with Crippen LogP contribution in [0.25, 0.3) is 17.0 Å². The van der Waals surface area contributed by atoms with E-state index in [0.717, 1.165) is 47.0 Å². The Morgan fingerprint density at radius 1 is 1.19 bits per heavy atom. The first-order chi connectivity index (χ1) is 15.5. The molecule has 5 heteroatoms. The highest BCUT2D eigenvalue weighted by molar-refractivity contribution is 6.04. The van der Waals surface area contributed by atoms with Crippen LogP contribution in [-0.2, 0) is 11.3 Å². The number of aromatic nitrogens is 1. The van der Waals surface area contributed by atoms with E-state index in [1.54, 1.807) is 18.2 Å². The molecule has 1 aliphatic rings. The monoisotopic (exact) mass is 429 g/mol. The number of benzene rings is 2. The molecular formula is C27H28FN3O. The van der Waals surface area contributed by atoms with Crippen molar-refractivity contribution in [2.24, 2.45) is 5.92 Å². The summed E-state index contributed by atoms with van der Waals surface area (Å²) in [6, 6.07) is 16.7. The van der Waals surface area contributed by atoms with E-state index in [1.807, 2.05) is 31.2 Å². The van der Waals surface area contributed by atoms with Crippen molar-refractivity contribution in [1.29, 1.82) is 5.26 Å². The van der Waals surface area contributed by atoms with Gasteiger partial charge in [0.2, 0.25) is 0 Å². The Morgan fingerprint density at radius 3 is 2.62 bits per heavy atom. The molecule has 0 saturated heterocycles. The number of nitriles is 1. The fourth-order valence-corrected chi connectivity index (χ4v) is 4.69. The molecule has 164 valence electrons. The topological polar surface area (TPSA) is 57.8 Å². The Labute approximate surface area is 188 Å². The standard InChI is InChI=1S/C27H28FN3O/c1-18-7-3-5-9-25(18)30-27(32)21(16-29)15-24-19(2)31(26-10-6-4-8-23(24)26)17-20-11-13-22(28)14-12-20/h4,6,8,10-15,18,25H,3,5,7,9,17H2,1-2H3,(H,30,32)/b21-15+/t18-,25+/m0/s1. The first-order valence-electron chi connectivity index (χ1n) is 11.2. The molecule has 32 heavy (non-hydrogen) atoms. The minimum absolute atomic E-state index is 0.119. The number of carbonyl (C=O) groups excluding carboxylic acids is 1. The Kier molecular flexibility index (Phi) is 6.41. The molecule has 0 radical (unpaired) electrons. The van der Waals surface area contributed by atoms with Gasteiger partial charge in [-0.15, -0.1) is 0 Å². The van der Waals surface area contributed by atoms with E-state index in [2.05, 4.69) is 22.9 Å². The van der Waals surface area contributed by atoms with E-state index in [9.17, 15) is 14.4 Å². The molecule has 0 unspecified atom stereocenters. The molecule has 4 nitrogen and oxygen atoms in total. The highest BCUT2D eigenvalue weighted by Crippen LogP contribution is 2.29. The zero-order chi connectivity index (χ0) is 22.7. The maximum Gasteiger partial charge on any atom is 0.262 e. The number of rotatable bonds is 5. The van der Waals surface area contributed by atoms with Crippen LogP contribution in [0.3, 0.4) is 0 Å². The minimum Gasteiger partial charge on any atom is -0.348 e. The number of halogens is 1. The largest absolute Gasteiger partial charge is 0.348 e. The van der Waals surface area contributed by atoms with Crippen molar-refractivity contribution in [3.8, 4) is 6.07 Å². The number of nitrogens with one attached hydrogen (secondary N) is 1. The van der Waals surface area contributed by atoms with Gasteiger partial charge in [0.15, 0.2) is 0 Å². The zero-order valence-electron chi connectivity index (χ0n) is 18.6. The van der Waals surface area contributed by atoms with Crippen LogP contribution in [0.5, 0.6) is 0 Å². The average molecular weight is 430 g/mol. The fraction of sp³-hybridized carbons (Fsp3) is 0.333. The van der Waals surface area contributed by atoms with Gasteiger partial charge in [0, 0.05) is 34.7 Å². The van der Waals surface area contributed by atoms with Crippen molar-refractivity contribution in [1.82, 2.24) is 9.88 Å². The third-order valence-electron chi connectivity index (χ3n) is 6.62. The predicted molar refractivity (Wildman–Crippen MR) is 125 cm³/mol. The summed E-state index contributed by atoms with van der Waals surface area (Å²) in [6.07, 6.45) is 6.08. The van der Waals surface area contributed by atoms with Crippen LogP contribution in [0.2, 0.25) is 0 Å². The summed E-state index contributed by atoms with van der Waals surface area (Å²) in [5.41, 5.74) is 3.94. The van der Waals surface area contributed by atoms with E-state index in [4.69, 9.17) is 0 Å². The highest BCUT2D eigenvalue weighted by atomic mass is 19.1. The Morgan fingerprint density at radius 2 is 1.91 bits per heavy atom. The average Bonchev–Trinajstić information content (AvgIpc) is 3.06. The number of amides is 1. The number of para-hydroxylation sites is 1. The number of carbonyl (C=O) groups is 1. The SMILES string of the molecule is Cc1c(/C=C(\C#N)C(=O)N[C@@H]2CCCC[C@@H]2C)c2ccccc2n1Cc1ccc(F)cc1. The molecule has 2 atom stereocenters. The summed E-state index contributed by atoms with van der Waals surface area (Å²) in [4.78, 5) is 12.9. The molecule has 1 fully saturated rings. The van der Waals surface area contributed by atoms with E-state index in [-0.39, 0.29) is 23.3 Å². The van der Waals surface area contributed by atoms with Crippen molar-refractivity contribution in [2.75, 3.05) is 0 Å². The van der Waals surface area contributed by atoms with Crippen LogP contribution >= 0.6 is 0 Å². The van der Waals surface area contributed by atoms with Gasteiger partial charge in [-0.2, -0.15) is 5.26 Å². The van der Waals surface area contributed by atoms with E-state index in [1.165, 1.54) is 18.6 Å². The minimum atomic E-state index is -0.305. The first kappa shape index (κ1) is 21.8. The summed E-state index contributed by atoms with van der Waals surface area (Å²) in [6.45, 7) is 4.73. The van der Waals surface area contributed by atoms with Gasteiger partial charge in [-0.3, -0.25) is 4.79 Å². The van der Waals surface area contributed by atoms with Crippen molar-refractivity contribution >= 4 is 22.9 Å². The van der Waals surface area contributed by atoms with Crippen LogP contribution in [0, 0.1) is 30.0 Å². The van der Waals surface area contributed by atoms with E-state index in [0.29, 0.717) is 12.5 Å². The molecule has 1 aliphatic carbocycles. The van der Waals surface area contributed by atoms with Gasteiger partial charge >= 0.3 is 0 Å². The van der Waals surface area contributed by atoms with Crippen molar-refractivity contribution < 1.29 is 9.18 Å². The fourth-order valence-electron chi connectivity index (χ4n) is 4.69. The third kappa shape index (κ3) is 4.45. The maximum atomic E-state index is 13.3. The van der Waals surface area contributed by atoms with E-state index < -0.39 is 0 Å². The molecule has 1 N–H and O–H groups in total. The second-order valence-electron chi connectivity index (χ2n) is 8.74. The molecule has 1 amide bonds. The summed E-state index contributed by atoms with van der Waals surface area (Å²) >= 11 is 0. The lowest BCUT2D eigenvalue weighted by Gasteiger charge is -2.29. The molecule has 1 heterocycles. The molecule has 0 bridgehead atoms. The molecule has 4 rings (SSSR count). The molecule has 1 saturated carbocycles. The Bertz CT molecular complexity index is 1200. The predicted octanol–water partition coefficient (Wildman–Crippen LogP) is 5.74. The van der Waals surface area contributed by atoms with Crippen LogP contribution in [0.1, 0.15) is 49.4 Å². The quantitative estimate of drug-likeness (QED) is 0.415. The number of hydrogen-bond donors (Lipinski definition) is 1. The number of nitrogens with zero attached hydrogens (tertiary/aromatic N) is 2. The van der Waals surface area contributed by atoms with Gasteiger partial charge < -0.3 is 9.88 Å². The molecular weight excluding hydrogens is 401 g/mol. The zero-order valence-corrected chi connectivity index (χ0v) is 18.6. The smallest absolute Gasteiger partial charge is 0.262 e. The lowest BCUT2D eigenvalue weighted by molar-refractivity contribution is -0.118. The van der Waals surface area contributed by atoms with Crippen molar-refractivity contribution in [2.45, 2.75) is 52.1 Å². The second-order valence-corrected chi connectivity index (χ2v) is 8.74. The molecule has 3 aromatic rings.